The zero-order chi connectivity index (χ0) is 14.3. The Labute approximate surface area is 116 Å². The van der Waals surface area contributed by atoms with E-state index in [-0.39, 0.29) is 5.75 Å². The van der Waals surface area contributed by atoms with Gasteiger partial charge in [0.2, 0.25) is 0 Å². The number of phenols is 1. The highest BCUT2D eigenvalue weighted by Crippen LogP contribution is 2.10. The van der Waals surface area contributed by atoms with Crippen LogP contribution >= 0.6 is 0 Å². The third kappa shape index (κ3) is 5.64. The molecule has 0 aliphatic rings. The van der Waals surface area contributed by atoms with Gasteiger partial charge in [-0.05, 0) is 37.5 Å². The fourth-order valence-corrected chi connectivity index (χ4v) is 1.47. The Balaban J connectivity index is 2.64. The van der Waals surface area contributed by atoms with Crippen molar-refractivity contribution in [3.63, 3.8) is 0 Å². The fourth-order valence-electron chi connectivity index (χ4n) is 1.47. The van der Waals surface area contributed by atoms with Crippen molar-refractivity contribution in [1.29, 1.82) is 0 Å². The van der Waals surface area contributed by atoms with Crippen molar-refractivity contribution in [2.45, 2.75) is 40.3 Å². The summed E-state index contributed by atoms with van der Waals surface area (Å²) < 4.78 is 0. The number of benzene rings is 1. The first kappa shape index (κ1) is 15.3. The number of aromatic hydroxyl groups is 1. The summed E-state index contributed by atoms with van der Waals surface area (Å²) in [7, 11) is 0. The summed E-state index contributed by atoms with van der Waals surface area (Å²) in [5.41, 5.74) is 1.08. The normalized spacial score (nSPS) is 13.4. The molecule has 0 aliphatic carbocycles. The smallest absolute Gasteiger partial charge is 0.191 e. The van der Waals surface area contributed by atoms with Gasteiger partial charge in [-0.1, -0.05) is 26.0 Å². The highest BCUT2D eigenvalue weighted by atomic mass is 16.3. The quantitative estimate of drug-likeness (QED) is 0.565. The Kier molecular flexibility index (Phi) is 6.19. The van der Waals surface area contributed by atoms with Crippen LogP contribution in [-0.2, 0) is 6.54 Å². The molecule has 0 saturated carbocycles. The molecule has 0 bridgehead atoms. The largest absolute Gasteiger partial charge is 0.508 e. The van der Waals surface area contributed by atoms with Crippen LogP contribution in [0.15, 0.2) is 29.3 Å². The maximum Gasteiger partial charge on any atom is 0.191 e. The summed E-state index contributed by atoms with van der Waals surface area (Å²) in [5, 5.41) is 15.9. The van der Waals surface area contributed by atoms with Crippen LogP contribution < -0.4 is 10.6 Å². The van der Waals surface area contributed by atoms with E-state index in [1.807, 2.05) is 12.1 Å². The van der Waals surface area contributed by atoms with Crippen molar-refractivity contribution in [2.75, 3.05) is 6.54 Å². The lowest BCUT2D eigenvalue weighted by Crippen LogP contribution is -2.44. The average Bonchev–Trinajstić information content (AvgIpc) is 2.37. The topological polar surface area (TPSA) is 56.7 Å². The molecule has 0 fully saturated rings. The molecular weight excluding hydrogens is 238 g/mol. The first-order valence-electron chi connectivity index (χ1n) is 6.85. The second kappa shape index (κ2) is 7.67. The van der Waals surface area contributed by atoms with Crippen molar-refractivity contribution in [2.24, 2.45) is 10.9 Å². The number of hydrogen-bond acceptors (Lipinski definition) is 2. The van der Waals surface area contributed by atoms with Crippen LogP contribution in [0.25, 0.3) is 0 Å². The molecule has 0 amide bonds. The molecule has 1 aromatic rings. The van der Waals surface area contributed by atoms with Crippen LogP contribution in [0.4, 0.5) is 0 Å². The lowest BCUT2D eigenvalue weighted by molar-refractivity contribution is 0.475. The molecule has 0 aromatic heterocycles. The van der Waals surface area contributed by atoms with E-state index in [4.69, 9.17) is 0 Å². The number of hydrogen-bond donors (Lipinski definition) is 3. The van der Waals surface area contributed by atoms with E-state index in [1.54, 1.807) is 12.1 Å². The number of guanidine groups is 1. The van der Waals surface area contributed by atoms with E-state index in [2.05, 4.69) is 43.3 Å². The zero-order valence-corrected chi connectivity index (χ0v) is 12.3. The second-order valence-electron chi connectivity index (χ2n) is 5.04. The molecule has 0 heterocycles. The van der Waals surface area contributed by atoms with Crippen molar-refractivity contribution in [3.8, 4) is 5.75 Å². The molecule has 106 valence electrons. The van der Waals surface area contributed by atoms with Crippen molar-refractivity contribution < 1.29 is 5.11 Å². The lowest BCUT2D eigenvalue weighted by Gasteiger charge is -2.20. The molecular formula is C15H25N3O. The minimum Gasteiger partial charge on any atom is -0.508 e. The van der Waals surface area contributed by atoms with E-state index in [0.717, 1.165) is 18.1 Å². The summed E-state index contributed by atoms with van der Waals surface area (Å²) in [4.78, 5) is 4.55. The summed E-state index contributed by atoms with van der Waals surface area (Å²) in [6.07, 6.45) is 0. The van der Waals surface area contributed by atoms with Gasteiger partial charge in [0.05, 0.1) is 6.54 Å². The fraction of sp³-hybridized carbons (Fsp3) is 0.533. The predicted octanol–water partition coefficient (Wildman–Crippen LogP) is 2.49. The molecule has 0 radical (unpaired) electrons. The van der Waals surface area contributed by atoms with E-state index >= 15 is 0 Å². The highest BCUT2D eigenvalue weighted by Gasteiger charge is 2.08. The number of phenolic OH excluding ortho intramolecular Hbond substituents is 1. The summed E-state index contributed by atoms with van der Waals surface area (Å²) in [5.74, 6) is 1.67. The van der Waals surface area contributed by atoms with E-state index < -0.39 is 0 Å². The summed E-state index contributed by atoms with van der Waals surface area (Å²) >= 11 is 0. The summed E-state index contributed by atoms with van der Waals surface area (Å²) in [6.45, 7) is 10.0. The molecule has 1 unspecified atom stereocenters. The molecule has 19 heavy (non-hydrogen) atoms. The van der Waals surface area contributed by atoms with Gasteiger partial charge in [-0.25, -0.2) is 4.99 Å². The van der Waals surface area contributed by atoms with Gasteiger partial charge >= 0.3 is 0 Å². The maximum absolute atomic E-state index is 9.24. The first-order valence-corrected chi connectivity index (χ1v) is 6.85. The Morgan fingerprint density at radius 2 is 1.84 bits per heavy atom. The van der Waals surface area contributed by atoms with Crippen LogP contribution in [0.2, 0.25) is 0 Å². The van der Waals surface area contributed by atoms with Gasteiger partial charge in [0.1, 0.15) is 5.75 Å². The van der Waals surface area contributed by atoms with E-state index in [0.29, 0.717) is 18.5 Å². The van der Waals surface area contributed by atoms with E-state index in [9.17, 15) is 5.11 Å². The van der Waals surface area contributed by atoms with E-state index in [1.165, 1.54) is 0 Å². The molecule has 4 nitrogen and oxygen atoms in total. The third-order valence-electron chi connectivity index (χ3n) is 3.06. The van der Waals surface area contributed by atoms with Crippen LogP contribution in [0.3, 0.4) is 0 Å². The van der Waals surface area contributed by atoms with Gasteiger partial charge in [0.25, 0.3) is 0 Å². The Morgan fingerprint density at radius 3 is 2.37 bits per heavy atom. The molecule has 0 spiro atoms. The van der Waals surface area contributed by atoms with Gasteiger partial charge in [0.15, 0.2) is 5.96 Å². The van der Waals surface area contributed by atoms with Crippen molar-refractivity contribution >= 4 is 5.96 Å². The molecule has 4 heteroatoms. The molecule has 3 N–H and O–H groups in total. The summed E-state index contributed by atoms with van der Waals surface area (Å²) in [6, 6.07) is 7.50. The standard InChI is InChI=1S/C15H25N3O/c1-5-16-15(18-12(4)11(2)3)17-10-13-6-8-14(19)9-7-13/h6-9,11-12,19H,5,10H2,1-4H3,(H2,16,17,18). The highest BCUT2D eigenvalue weighted by molar-refractivity contribution is 5.80. The minimum absolute atomic E-state index is 0.284. The first-order chi connectivity index (χ1) is 9.02. The minimum atomic E-state index is 0.284. The van der Waals surface area contributed by atoms with Gasteiger partial charge in [0, 0.05) is 12.6 Å². The molecule has 1 aromatic carbocycles. The van der Waals surface area contributed by atoms with Crippen LogP contribution in [0.1, 0.15) is 33.3 Å². The number of nitrogens with zero attached hydrogens (tertiary/aromatic N) is 1. The number of aliphatic imine (C=N–C) groups is 1. The Hall–Kier alpha value is -1.71. The molecule has 0 aliphatic heterocycles. The third-order valence-corrected chi connectivity index (χ3v) is 3.06. The Morgan fingerprint density at radius 1 is 1.21 bits per heavy atom. The molecule has 1 atom stereocenters. The van der Waals surface area contributed by atoms with Crippen molar-refractivity contribution in [1.82, 2.24) is 10.6 Å². The SMILES string of the molecule is CCNC(=NCc1ccc(O)cc1)NC(C)C(C)C. The molecule has 1 rings (SSSR count). The average molecular weight is 263 g/mol. The van der Waals surface area contributed by atoms with Crippen LogP contribution in [-0.4, -0.2) is 23.7 Å². The van der Waals surface area contributed by atoms with Crippen LogP contribution in [0, 0.1) is 5.92 Å². The maximum atomic E-state index is 9.24. The zero-order valence-electron chi connectivity index (χ0n) is 12.3. The monoisotopic (exact) mass is 263 g/mol. The van der Waals surface area contributed by atoms with Gasteiger partial charge in [-0.3, -0.25) is 0 Å². The number of rotatable bonds is 5. The lowest BCUT2D eigenvalue weighted by atomic mass is 10.1. The van der Waals surface area contributed by atoms with Crippen molar-refractivity contribution in [3.05, 3.63) is 29.8 Å². The van der Waals surface area contributed by atoms with Gasteiger partial charge in [-0.15, -0.1) is 0 Å². The number of nitrogens with one attached hydrogen (secondary N) is 2. The molecule has 0 saturated heterocycles. The predicted molar refractivity (Wildman–Crippen MR) is 80.4 cm³/mol. The van der Waals surface area contributed by atoms with Crippen LogP contribution in [0.5, 0.6) is 5.75 Å². The van der Waals surface area contributed by atoms with Gasteiger partial charge < -0.3 is 15.7 Å². The van der Waals surface area contributed by atoms with Gasteiger partial charge in [-0.2, -0.15) is 0 Å². The second-order valence-corrected chi connectivity index (χ2v) is 5.04. The Bertz CT molecular complexity index is 398.